The van der Waals surface area contributed by atoms with Gasteiger partial charge in [0.15, 0.2) is 0 Å². The number of carbonyl (C=O) groups is 2. The van der Waals surface area contributed by atoms with Crippen LogP contribution >= 0.6 is 23.1 Å². The van der Waals surface area contributed by atoms with Gasteiger partial charge in [0, 0.05) is 48.9 Å². The van der Waals surface area contributed by atoms with Crippen LogP contribution in [0.25, 0.3) is 26.8 Å². The zero-order valence-electron chi connectivity index (χ0n) is 26.4. The summed E-state index contributed by atoms with van der Waals surface area (Å²) in [4.78, 5) is 28.9. The van der Waals surface area contributed by atoms with Crippen molar-refractivity contribution >= 4 is 45.7 Å². The molecule has 4 aromatic rings. The number of anilines is 1. The van der Waals surface area contributed by atoms with E-state index in [0.717, 1.165) is 51.7 Å². The zero-order chi connectivity index (χ0) is 33.8. The number of piperidine rings is 1. The molecule has 2 aromatic heterocycles. The zero-order valence-corrected chi connectivity index (χ0v) is 28.0. The minimum Gasteiger partial charge on any atom is -0.475 e. The summed E-state index contributed by atoms with van der Waals surface area (Å²) in [6, 6.07) is 16.1. The fourth-order valence-electron chi connectivity index (χ4n) is 4.99. The van der Waals surface area contributed by atoms with Gasteiger partial charge in [-0.05, 0) is 74.8 Å². The SMILES string of the molecule is CCOC(=O)c1ccc(-c2cn3nc(-c4ccc(N5CCC(SCCCCCCOC)CC5)cc4)sc3n2)cc1.O=C(O)C(F)(F)F. The quantitative estimate of drug-likeness (QED) is 0.111. The third-order valence-electron chi connectivity index (χ3n) is 7.50. The van der Waals surface area contributed by atoms with E-state index in [4.69, 9.17) is 29.5 Å². The molecule has 0 bridgehead atoms. The van der Waals surface area contributed by atoms with Crippen LogP contribution in [0.2, 0.25) is 0 Å². The summed E-state index contributed by atoms with van der Waals surface area (Å²) in [5.41, 5.74) is 4.71. The Labute approximate surface area is 280 Å². The van der Waals surface area contributed by atoms with Crippen LogP contribution in [0.5, 0.6) is 0 Å². The number of nitrogens with zero attached hydrogens (tertiary/aromatic N) is 4. The van der Waals surface area contributed by atoms with Crippen molar-refractivity contribution in [2.45, 2.75) is 56.9 Å². The van der Waals surface area contributed by atoms with Gasteiger partial charge in [-0.15, -0.1) is 0 Å². The summed E-state index contributed by atoms with van der Waals surface area (Å²) < 4.78 is 43.8. The van der Waals surface area contributed by atoms with Crippen LogP contribution in [0, 0.1) is 0 Å². The Balaban J connectivity index is 0.000000644. The molecule has 0 atom stereocenters. The Morgan fingerprint density at radius 2 is 1.64 bits per heavy atom. The maximum atomic E-state index is 11.9. The van der Waals surface area contributed by atoms with Gasteiger partial charge in [-0.1, -0.05) is 36.3 Å². The molecule has 1 N–H and O–H groups in total. The lowest BCUT2D eigenvalue weighted by molar-refractivity contribution is -0.192. The fourth-order valence-corrected chi connectivity index (χ4v) is 7.13. The number of halogens is 3. The Hall–Kier alpha value is -3.62. The normalized spacial score (nSPS) is 13.8. The summed E-state index contributed by atoms with van der Waals surface area (Å²) in [6.45, 7) is 5.31. The van der Waals surface area contributed by atoms with E-state index in [1.165, 1.54) is 50.0 Å². The first-order valence-electron chi connectivity index (χ1n) is 15.5. The van der Waals surface area contributed by atoms with Crippen LogP contribution in [0.3, 0.4) is 0 Å². The van der Waals surface area contributed by atoms with Crippen LogP contribution in [0.1, 0.15) is 55.8 Å². The van der Waals surface area contributed by atoms with Crippen molar-refractivity contribution in [1.82, 2.24) is 14.6 Å². The molecule has 1 aliphatic rings. The van der Waals surface area contributed by atoms with Crippen LogP contribution in [-0.4, -0.2) is 82.2 Å². The second-order valence-electron chi connectivity index (χ2n) is 10.9. The van der Waals surface area contributed by atoms with E-state index in [1.807, 2.05) is 22.8 Å². The number of rotatable bonds is 13. The second-order valence-corrected chi connectivity index (χ2v) is 13.2. The number of esters is 1. The van der Waals surface area contributed by atoms with Crippen LogP contribution in [-0.2, 0) is 14.3 Å². The third kappa shape index (κ3) is 10.7. The molecule has 0 aliphatic carbocycles. The van der Waals surface area contributed by atoms with E-state index in [2.05, 4.69) is 40.9 Å². The van der Waals surface area contributed by atoms with Crippen molar-refractivity contribution < 1.29 is 37.3 Å². The Kier molecular flexibility index (Phi) is 13.5. The number of carboxylic acid groups (broad SMARTS) is 1. The predicted molar refractivity (Wildman–Crippen MR) is 179 cm³/mol. The molecule has 1 fully saturated rings. The van der Waals surface area contributed by atoms with Crippen molar-refractivity contribution in [1.29, 1.82) is 0 Å². The molecule has 0 unspecified atom stereocenters. The number of alkyl halides is 3. The minimum absolute atomic E-state index is 0.309. The Bertz CT molecular complexity index is 1540. The van der Waals surface area contributed by atoms with E-state index >= 15 is 0 Å². The molecule has 1 aliphatic heterocycles. The van der Waals surface area contributed by atoms with Gasteiger partial charge in [0.1, 0.15) is 5.01 Å². The van der Waals surface area contributed by atoms with Crippen molar-refractivity contribution in [3.8, 4) is 21.8 Å². The topological polar surface area (TPSA) is 106 Å². The lowest BCUT2D eigenvalue weighted by atomic mass is 10.1. The summed E-state index contributed by atoms with van der Waals surface area (Å²) in [5, 5.41) is 13.7. The van der Waals surface area contributed by atoms with Crippen LogP contribution in [0.4, 0.5) is 18.9 Å². The van der Waals surface area contributed by atoms with Gasteiger partial charge >= 0.3 is 18.1 Å². The van der Waals surface area contributed by atoms with Crippen molar-refractivity contribution in [3.63, 3.8) is 0 Å². The summed E-state index contributed by atoms with van der Waals surface area (Å²) >= 11 is 3.75. The van der Waals surface area contributed by atoms with Crippen molar-refractivity contribution in [2.75, 3.05) is 44.1 Å². The van der Waals surface area contributed by atoms with Gasteiger partial charge < -0.3 is 19.5 Å². The maximum absolute atomic E-state index is 11.9. The van der Waals surface area contributed by atoms with Gasteiger partial charge in [0.2, 0.25) is 4.96 Å². The molecule has 9 nitrogen and oxygen atoms in total. The Morgan fingerprint density at radius 1 is 1.00 bits per heavy atom. The highest BCUT2D eigenvalue weighted by molar-refractivity contribution is 7.99. The average Bonchev–Trinajstić information content (AvgIpc) is 3.65. The average molecular weight is 693 g/mol. The van der Waals surface area contributed by atoms with E-state index < -0.39 is 12.1 Å². The molecule has 5 rings (SSSR count). The number of hydrogen-bond donors (Lipinski definition) is 1. The van der Waals surface area contributed by atoms with E-state index in [9.17, 15) is 18.0 Å². The van der Waals surface area contributed by atoms with Crippen molar-refractivity contribution in [3.05, 3.63) is 60.3 Å². The minimum atomic E-state index is -5.08. The fraction of sp³-hybridized carbons (Fsp3) is 0.455. The number of imidazole rings is 1. The number of thioether (sulfide) groups is 1. The van der Waals surface area contributed by atoms with E-state index in [1.54, 1.807) is 37.5 Å². The predicted octanol–water partition coefficient (Wildman–Crippen LogP) is 7.84. The molecular formula is C33H39F3N4O5S2. The van der Waals surface area contributed by atoms with Gasteiger partial charge in [0.05, 0.1) is 24.1 Å². The van der Waals surface area contributed by atoms with Gasteiger partial charge in [-0.3, -0.25) is 0 Å². The summed E-state index contributed by atoms with van der Waals surface area (Å²) in [7, 11) is 1.78. The maximum Gasteiger partial charge on any atom is 0.490 e. The van der Waals surface area contributed by atoms with Gasteiger partial charge in [-0.2, -0.15) is 30.0 Å². The lowest BCUT2D eigenvalue weighted by Crippen LogP contribution is -2.34. The Morgan fingerprint density at radius 3 is 2.23 bits per heavy atom. The lowest BCUT2D eigenvalue weighted by Gasteiger charge is -2.33. The number of fused-ring (bicyclic) bond motifs is 1. The number of carboxylic acids is 1. The molecule has 0 saturated carbocycles. The smallest absolute Gasteiger partial charge is 0.475 e. The number of methoxy groups -OCH3 is 1. The number of hydrogen-bond acceptors (Lipinski definition) is 9. The largest absolute Gasteiger partial charge is 0.490 e. The highest BCUT2D eigenvalue weighted by Crippen LogP contribution is 2.32. The van der Waals surface area contributed by atoms with E-state index in [0.29, 0.717) is 12.2 Å². The molecule has 14 heteroatoms. The molecule has 0 radical (unpaired) electrons. The van der Waals surface area contributed by atoms with E-state index in [-0.39, 0.29) is 5.97 Å². The van der Waals surface area contributed by atoms with Gasteiger partial charge in [-0.25, -0.2) is 19.1 Å². The van der Waals surface area contributed by atoms with Crippen LogP contribution < -0.4 is 4.90 Å². The number of aliphatic carboxylic acids is 1. The molecule has 47 heavy (non-hydrogen) atoms. The summed E-state index contributed by atoms with van der Waals surface area (Å²) in [6.07, 6.45) is 4.48. The number of carbonyl (C=O) groups excluding carboxylic acids is 1. The molecule has 1 saturated heterocycles. The highest BCUT2D eigenvalue weighted by atomic mass is 32.2. The third-order valence-corrected chi connectivity index (χ3v) is 9.93. The number of benzene rings is 2. The summed E-state index contributed by atoms with van der Waals surface area (Å²) in [5.74, 6) is -1.78. The molecular weight excluding hydrogens is 654 g/mol. The molecule has 0 spiro atoms. The first-order valence-corrected chi connectivity index (χ1v) is 17.4. The molecule has 2 aromatic carbocycles. The first kappa shape index (κ1) is 36.2. The monoisotopic (exact) mass is 692 g/mol. The number of aromatic nitrogens is 3. The molecule has 0 amide bonds. The molecule has 254 valence electrons. The number of ether oxygens (including phenoxy) is 2. The first-order chi connectivity index (χ1) is 22.6. The second kappa shape index (κ2) is 17.5. The van der Waals surface area contributed by atoms with Crippen LogP contribution in [0.15, 0.2) is 54.7 Å². The highest BCUT2D eigenvalue weighted by Gasteiger charge is 2.38. The standard InChI is InChI=1S/C31H38N4O3S2.C2HF3O2/c1-3-38-30(36)25-10-8-23(9-11-25)28-22-35-31(32-28)40-29(33-35)24-12-14-26(15-13-24)34-18-16-27(17-19-34)39-21-7-5-4-6-20-37-2;3-2(4,5)1(6)7/h8-15,22,27H,3-7,16-21H2,1-2H3;(H,6,7). The number of unbranched alkanes of at least 4 members (excludes halogenated alkanes) is 3. The van der Waals surface area contributed by atoms with Gasteiger partial charge in [0.25, 0.3) is 0 Å². The van der Waals surface area contributed by atoms with Crippen molar-refractivity contribution in [2.24, 2.45) is 0 Å². The molecule has 3 heterocycles.